The van der Waals surface area contributed by atoms with Gasteiger partial charge in [-0.1, -0.05) is 43.7 Å². The number of benzene rings is 1. The third-order valence-electron chi connectivity index (χ3n) is 3.12. The topological polar surface area (TPSA) is 49.4 Å². The smallest absolute Gasteiger partial charge is 0.324 e. The van der Waals surface area contributed by atoms with Crippen LogP contribution in [0.1, 0.15) is 25.3 Å². The molecule has 1 aromatic carbocycles. The molecule has 96 valence electrons. The molecule has 0 spiro atoms. The van der Waals surface area contributed by atoms with Crippen LogP contribution in [0.3, 0.4) is 0 Å². The molecule has 1 atom stereocenters. The van der Waals surface area contributed by atoms with Crippen molar-refractivity contribution < 1.29 is 9.59 Å². The number of unbranched alkanes of at least 4 members (excludes halogenated alkanes) is 1. The molecule has 0 aromatic heterocycles. The Balaban J connectivity index is 1.99. The van der Waals surface area contributed by atoms with Crippen LogP contribution in [0.4, 0.5) is 4.79 Å². The Morgan fingerprint density at radius 1 is 1.22 bits per heavy atom. The molecule has 18 heavy (non-hydrogen) atoms. The van der Waals surface area contributed by atoms with E-state index in [-0.39, 0.29) is 11.9 Å². The second kappa shape index (κ2) is 5.67. The average Bonchev–Trinajstić information content (AvgIpc) is 2.64. The number of nitrogens with zero attached hydrogens (tertiary/aromatic N) is 1. The van der Waals surface area contributed by atoms with Gasteiger partial charge in [0.15, 0.2) is 0 Å². The Labute approximate surface area is 107 Å². The zero-order valence-electron chi connectivity index (χ0n) is 10.6. The molecule has 3 amide bonds. The molecule has 1 aromatic rings. The van der Waals surface area contributed by atoms with E-state index in [0.29, 0.717) is 13.0 Å². The molecule has 1 aliphatic heterocycles. The Kier molecular flexibility index (Phi) is 3.97. The van der Waals surface area contributed by atoms with Gasteiger partial charge in [-0.15, -0.1) is 0 Å². The summed E-state index contributed by atoms with van der Waals surface area (Å²) in [5.41, 5.74) is 1.06. The Morgan fingerprint density at radius 3 is 2.61 bits per heavy atom. The summed E-state index contributed by atoms with van der Waals surface area (Å²) >= 11 is 0. The first-order valence-corrected chi connectivity index (χ1v) is 6.38. The normalized spacial score (nSPS) is 19.2. The summed E-state index contributed by atoms with van der Waals surface area (Å²) < 4.78 is 0. The highest BCUT2D eigenvalue weighted by Gasteiger charge is 2.37. The van der Waals surface area contributed by atoms with Gasteiger partial charge in [-0.25, -0.2) is 4.79 Å². The number of carbonyl (C=O) groups is 2. The maximum absolute atomic E-state index is 12.1. The fourth-order valence-electron chi connectivity index (χ4n) is 2.09. The standard InChI is InChI=1S/C14H18N2O2/c1-2-3-9-16-13(17)12(15-14(16)18)10-11-7-5-4-6-8-11/h4-8,12H,2-3,9-10H2,1H3,(H,15,18). The summed E-state index contributed by atoms with van der Waals surface area (Å²) in [6.45, 7) is 2.56. The number of amides is 3. The summed E-state index contributed by atoms with van der Waals surface area (Å²) in [7, 11) is 0. The van der Waals surface area contributed by atoms with E-state index in [9.17, 15) is 9.59 Å². The van der Waals surface area contributed by atoms with Gasteiger partial charge in [-0.2, -0.15) is 0 Å². The van der Waals surface area contributed by atoms with Crippen LogP contribution in [0.2, 0.25) is 0 Å². The number of rotatable bonds is 5. The fourth-order valence-corrected chi connectivity index (χ4v) is 2.09. The van der Waals surface area contributed by atoms with Crippen LogP contribution < -0.4 is 5.32 Å². The quantitative estimate of drug-likeness (QED) is 0.807. The van der Waals surface area contributed by atoms with Crippen LogP contribution in [-0.4, -0.2) is 29.4 Å². The van der Waals surface area contributed by atoms with Gasteiger partial charge in [-0.05, 0) is 12.0 Å². The predicted octanol–water partition coefficient (Wildman–Crippen LogP) is 1.95. The van der Waals surface area contributed by atoms with E-state index in [1.54, 1.807) is 0 Å². The fraction of sp³-hybridized carbons (Fsp3) is 0.429. The average molecular weight is 246 g/mol. The van der Waals surface area contributed by atoms with Crippen LogP contribution >= 0.6 is 0 Å². The van der Waals surface area contributed by atoms with E-state index in [2.05, 4.69) is 5.32 Å². The predicted molar refractivity (Wildman–Crippen MR) is 69.1 cm³/mol. The van der Waals surface area contributed by atoms with E-state index in [4.69, 9.17) is 0 Å². The Bertz CT molecular complexity index is 431. The molecule has 1 fully saturated rings. The molecular weight excluding hydrogens is 228 g/mol. The molecule has 1 aliphatic rings. The van der Waals surface area contributed by atoms with E-state index in [1.165, 1.54) is 4.90 Å². The summed E-state index contributed by atoms with van der Waals surface area (Å²) in [6.07, 6.45) is 2.39. The molecule has 0 saturated carbocycles. The molecular formula is C14H18N2O2. The van der Waals surface area contributed by atoms with Crippen molar-refractivity contribution in [2.45, 2.75) is 32.2 Å². The van der Waals surface area contributed by atoms with E-state index in [0.717, 1.165) is 18.4 Å². The second-order valence-electron chi connectivity index (χ2n) is 4.54. The highest BCUT2D eigenvalue weighted by atomic mass is 16.2. The molecule has 0 aliphatic carbocycles. The summed E-state index contributed by atoms with van der Waals surface area (Å²) in [6, 6.07) is 9.08. The summed E-state index contributed by atoms with van der Waals surface area (Å²) in [5, 5.41) is 2.75. The first-order chi connectivity index (χ1) is 8.72. The van der Waals surface area contributed by atoms with Gasteiger partial charge in [0.25, 0.3) is 5.91 Å². The molecule has 1 heterocycles. The minimum atomic E-state index is -0.406. The number of hydrogen-bond donors (Lipinski definition) is 1. The van der Waals surface area contributed by atoms with Gasteiger partial charge >= 0.3 is 6.03 Å². The highest BCUT2D eigenvalue weighted by molar-refractivity contribution is 6.04. The van der Waals surface area contributed by atoms with Gasteiger partial charge in [0.1, 0.15) is 6.04 Å². The molecule has 2 rings (SSSR count). The van der Waals surface area contributed by atoms with Gasteiger partial charge in [-0.3, -0.25) is 9.69 Å². The zero-order chi connectivity index (χ0) is 13.0. The molecule has 4 heteroatoms. The van der Waals surface area contributed by atoms with Crippen LogP contribution in [0.25, 0.3) is 0 Å². The number of carbonyl (C=O) groups excluding carboxylic acids is 2. The minimum absolute atomic E-state index is 0.0997. The first-order valence-electron chi connectivity index (χ1n) is 6.38. The van der Waals surface area contributed by atoms with Crippen molar-refractivity contribution in [1.29, 1.82) is 0 Å². The monoisotopic (exact) mass is 246 g/mol. The number of urea groups is 1. The summed E-state index contributed by atoms with van der Waals surface area (Å²) in [4.78, 5) is 25.1. The van der Waals surface area contributed by atoms with Crippen molar-refractivity contribution in [1.82, 2.24) is 10.2 Å². The van der Waals surface area contributed by atoms with Gasteiger partial charge in [0.2, 0.25) is 0 Å². The van der Waals surface area contributed by atoms with E-state index < -0.39 is 6.04 Å². The summed E-state index contributed by atoms with van der Waals surface area (Å²) in [5.74, 6) is -0.0997. The lowest BCUT2D eigenvalue weighted by Gasteiger charge is -2.12. The van der Waals surface area contributed by atoms with Crippen molar-refractivity contribution in [3.8, 4) is 0 Å². The van der Waals surface area contributed by atoms with Crippen molar-refractivity contribution in [3.05, 3.63) is 35.9 Å². The molecule has 1 saturated heterocycles. The van der Waals surface area contributed by atoms with Gasteiger partial charge < -0.3 is 5.32 Å². The SMILES string of the molecule is CCCCN1C(=O)NC(Cc2ccccc2)C1=O. The van der Waals surface area contributed by atoms with Crippen LogP contribution in [0.15, 0.2) is 30.3 Å². The Morgan fingerprint density at radius 2 is 1.94 bits per heavy atom. The third kappa shape index (κ3) is 2.70. The van der Waals surface area contributed by atoms with Crippen LogP contribution in [0, 0.1) is 0 Å². The van der Waals surface area contributed by atoms with Crippen molar-refractivity contribution in [2.75, 3.05) is 6.54 Å². The lowest BCUT2D eigenvalue weighted by atomic mass is 10.1. The number of imide groups is 1. The second-order valence-corrected chi connectivity index (χ2v) is 4.54. The molecule has 1 unspecified atom stereocenters. The van der Waals surface area contributed by atoms with Crippen LogP contribution in [-0.2, 0) is 11.2 Å². The number of nitrogens with one attached hydrogen (secondary N) is 1. The maximum Gasteiger partial charge on any atom is 0.324 e. The van der Waals surface area contributed by atoms with Gasteiger partial charge in [0, 0.05) is 13.0 Å². The van der Waals surface area contributed by atoms with Crippen LogP contribution in [0.5, 0.6) is 0 Å². The first kappa shape index (κ1) is 12.6. The van der Waals surface area contributed by atoms with Gasteiger partial charge in [0.05, 0.1) is 0 Å². The van der Waals surface area contributed by atoms with Crippen molar-refractivity contribution >= 4 is 11.9 Å². The van der Waals surface area contributed by atoms with E-state index >= 15 is 0 Å². The highest BCUT2D eigenvalue weighted by Crippen LogP contribution is 2.12. The molecule has 1 N–H and O–H groups in total. The zero-order valence-corrected chi connectivity index (χ0v) is 10.6. The third-order valence-corrected chi connectivity index (χ3v) is 3.12. The lowest BCUT2D eigenvalue weighted by molar-refractivity contribution is -0.127. The molecule has 4 nitrogen and oxygen atoms in total. The molecule has 0 bridgehead atoms. The van der Waals surface area contributed by atoms with Crippen molar-refractivity contribution in [2.24, 2.45) is 0 Å². The van der Waals surface area contributed by atoms with Crippen molar-refractivity contribution in [3.63, 3.8) is 0 Å². The Hall–Kier alpha value is -1.84. The molecule has 0 radical (unpaired) electrons. The lowest BCUT2D eigenvalue weighted by Crippen LogP contribution is -2.33. The maximum atomic E-state index is 12.1. The largest absolute Gasteiger partial charge is 0.325 e. The minimum Gasteiger partial charge on any atom is -0.325 e. The van der Waals surface area contributed by atoms with E-state index in [1.807, 2.05) is 37.3 Å². The number of hydrogen-bond acceptors (Lipinski definition) is 2.